The molecule has 3 unspecified atom stereocenters. The molecule has 30 heavy (non-hydrogen) atoms. The minimum absolute atomic E-state index is 0.0134. The molecule has 7 heteroatoms. The Hall–Kier alpha value is -1.34. The zero-order chi connectivity index (χ0) is 21.1. The third kappa shape index (κ3) is 4.07. The van der Waals surface area contributed by atoms with Crippen molar-refractivity contribution in [2.45, 2.75) is 77.0 Å². The van der Waals surface area contributed by atoms with Gasteiger partial charge < -0.3 is 19.9 Å². The first-order chi connectivity index (χ1) is 14.6. The van der Waals surface area contributed by atoms with Gasteiger partial charge in [0.2, 0.25) is 5.91 Å². The molecule has 2 saturated heterocycles. The first-order valence-corrected chi connectivity index (χ1v) is 12.2. The molecule has 170 valence electrons. The van der Waals surface area contributed by atoms with Crippen LogP contribution in [-0.4, -0.2) is 97.7 Å². The van der Waals surface area contributed by atoms with Gasteiger partial charge in [0.05, 0.1) is 12.1 Å². The molecular formula is C23H41N5O2. The lowest BCUT2D eigenvalue weighted by molar-refractivity contribution is -0.135. The van der Waals surface area contributed by atoms with Crippen LogP contribution in [0, 0.1) is 5.41 Å². The van der Waals surface area contributed by atoms with Gasteiger partial charge >= 0.3 is 0 Å². The molecule has 0 bridgehead atoms. The molecule has 1 N–H and O–H groups in total. The lowest BCUT2D eigenvalue weighted by Gasteiger charge is -2.55. The number of nitrogens with zero attached hydrogens (tertiary/aromatic N) is 4. The van der Waals surface area contributed by atoms with Crippen LogP contribution in [0.2, 0.25) is 0 Å². The molecule has 4 aliphatic rings. The van der Waals surface area contributed by atoms with Crippen LogP contribution in [0.15, 0.2) is 4.99 Å². The first kappa shape index (κ1) is 21.9. The van der Waals surface area contributed by atoms with Crippen LogP contribution < -0.4 is 5.32 Å². The Labute approximate surface area is 182 Å². The molecule has 2 aliphatic heterocycles. The number of hydrogen-bond acceptors (Lipinski definition) is 4. The minimum Gasteiger partial charge on any atom is -0.378 e. The second-order valence-electron chi connectivity index (χ2n) is 9.60. The molecule has 0 radical (unpaired) electrons. The van der Waals surface area contributed by atoms with E-state index >= 15 is 0 Å². The van der Waals surface area contributed by atoms with Gasteiger partial charge in [-0.2, -0.15) is 0 Å². The third-order valence-electron chi connectivity index (χ3n) is 8.14. The Morgan fingerprint density at radius 3 is 2.33 bits per heavy atom. The van der Waals surface area contributed by atoms with Gasteiger partial charge in [-0.1, -0.05) is 12.8 Å². The van der Waals surface area contributed by atoms with Crippen molar-refractivity contribution in [2.24, 2.45) is 10.4 Å². The molecule has 4 fully saturated rings. The van der Waals surface area contributed by atoms with Crippen molar-refractivity contribution in [3.63, 3.8) is 0 Å². The Morgan fingerprint density at radius 2 is 1.73 bits per heavy atom. The van der Waals surface area contributed by atoms with Crippen molar-refractivity contribution >= 4 is 11.9 Å². The maximum Gasteiger partial charge on any atom is 0.239 e. The van der Waals surface area contributed by atoms with E-state index < -0.39 is 0 Å². The number of likely N-dealkylation sites (tertiary alicyclic amines) is 1. The number of aliphatic imine (C=N–C) groups is 1. The summed E-state index contributed by atoms with van der Waals surface area (Å²) in [5, 5.41) is 3.81. The average molecular weight is 420 g/mol. The van der Waals surface area contributed by atoms with Crippen LogP contribution >= 0.6 is 0 Å². The van der Waals surface area contributed by atoms with Crippen LogP contribution in [0.3, 0.4) is 0 Å². The summed E-state index contributed by atoms with van der Waals surface area (Å²) < 4.78 is 6.08. The van der Waals surface area contributed by atoms with E-state index in [-0.39, 0.29) is 6.04 Å². The second kappa shape index (κ2) is 9.43. The van der Waals surface area contributed by atoms with Gasteiger partial charge in [-0.25, -0.2) is 0 Å². The summed E-state index contributed by atoms with van der Waals surface area (Å²) in [4.78, 5) is 24.1. The minimum atomic E-state index is -0.0134. The third-order valence-corrected chi connectivity index (χ3v) is 8.14. The highest BCUT2D eigenvalue weighted by molar-refractivity contribution is 5.82. The monoisotopic (exact) mass is 419 g/mol. The number of nitrogens with one attached hydrogen (secondary N) is 1. The summed E-state index contributed by atoms with van der Waals surface area (Å²) in [6.45, 7) is 10.5. The highest BCUT2D eigenvalue weighted by Gasteiger charge is 2.57. The lowest BCUT2D eigenvalue weighted by atomic mass is 9.60. The molecule has 0 aromatic rings. The van der Waals surface area contributed by atoms with Gasteiger partial charge in [0.1, 0.15) is 0 Å². The average Bonchev–Trinajstić information content (AvgIpc) is 3.48. The number of rotatable bonds is 5. The van der Waals surface area contributed by atoms with Gasteiger partial charge in [-0.15, -0.1) is 0 Å². The molecule has 7 nitrogen and oxygen atoms in total. The number of piperazine rings is 1. The van der Waals surface area contributed by atoms with Crippen molar-refractivity contribution in [1.29, 1.82) is 0 Å². The fourth-order valence-electron chi connectivity index (χ4n) is 6.22. The van der Waals surface area contributed by atoms with Crippen molar-refractivity contribution in [3.05, 3.63) is 0 Å². The van der Waals surface area contributed by atoms with E-state index in [1.54, 1.807) is 0 Å². The predicted octanol–water partition coefficient (Wildman–Crippen LogP) is 1.93. The summed E-state index contributed by atoms with van der Waals surface area (Å²) in [5.41, 5.74) is 0.310. The summed E-state index contributed by atoms with van der Waals surface area (Å²) >= 11 is 0. The number of amides is 1. The zero-order valence-electron chi connectivity index (χ0n) is 19.2. The molecule has 4 rings (SSSR count). The van der Waals surface area contributed by atoms with Crippen molar-refractivity contribution in [2.75, 3.05) is 52.9 Å². The van der Waals surface area contributed by atoms with Gasteiger partial charge in [0, 0.05) is 64.4 Å². The number of guanidine groups is 1. The molecule has 2 heterocycles. The van der Waals surface area contributed by atoms with E-state index in [2.05, 4.69) is 34.0 Å². The Morgan fingerprint density at radius 1 is 1.07 bits per heavy atom. The Balaban J connectivity index is 1.30. The second-order valence-corrected chi connectivity index (χ2v) is 9.60. The Kier molecular flexibility index (Phi) is 6.88. The fourth-order valence-corrected chi connectivity index (χ4v) is 6.22. The van der Waals surface area contributed by atoms with E-state index in [1.807, 2.05) is 11.9 Å². The topological polar surface area (TPSA) is 60.4 Å². The molecule has 1 spiro atoms. The largest absolute Gasteiger partial charge is 0.378 e. The van der Waals surface area contributed by atoms with E-state index in [4.69, 9.17) is 4.74 Å². The van der Waals surface area contributed by atoms with Gasteiger partial charge in [-0.3, -0.25) is 14.7 Å². The normalized spacial score (nSPS) is 30.6. The lowest BCUT2D eigenvalue weighted by Crippen LogP contribution is -2.66. The van der Waals surface area contributed by atoms with E-state index in [0.29, 0.717) is 23.5 Å². The van der Waals surface area contributed by atoms with Crippen LogP contribution in [0.4, 0.5) is 0 Å². The molecule has 2 aliphatic carbocycles. The van der Waals surface area contributed by atoms with Crippen LogP contribution in [0.1, 0.15) is 58.8 Å². The maximum absolute atomic E-state index is 12.8. The molecule has 3 atom stereocenters. The first-order valence-electron chi connectivity index (χ1n) is 12.2. The van der Waals surface area contributed by atoms with E-state index in [1.165, 1.54) is 25.7 Å². The summed E-state index contributed by atoms with van der Waals surface area (Å²) in [5.74, 6) is 1.34. The number of hydrogen-bond donors (Lipinski definition) is 1. The smallest absolute Gasteiger partial charge is 0.239 e. The summed E-state index contributed by atoms with van der Waals surface area (Å²) in [7, 11) is 1.90. The number of ether oxygens (including phenoxy) is 1. The SMILES string of the molecule is CCOC1CC(NC(=NC)N2CCN(C(C)C(=O)N3CCCC3)CC2)C12CCCC2. The van der Waals surface area contributed by atoms with Gasteiger partial charge in [0.25, 0.3) is 0 Å². The highest BCUT2D eigenvalue weighted by atomic mass is 16.5. The molecule has 2 saturated carbocycles. The Bertz CT molecular complexity index is 619. The van der Waals surface area contributed by atoms with Crippen LogP contribution in [0.25, 0.3) is 0 Å². The molecule has 0 aromatic carbocycles. The fraction of sp³-hybridized carbons (Fsp3) is 0.913. The summed E-state index contributed by atoms with van der Waals surface area (Å²) in [6.07, 6.45) is 9.00. The quantitative estimate of drug-likeness (QED) is 0.545. The predicted molar refractivity (Wildman–Crippen MR) is 120 cm³/mol. The molecular weight excluding hydrogens is 378 g/mol. The zero-order valence-corrected chi connectivity index (χ0v) is 19.2. The standard InChI is InChI=1S/C23H41N5O2/c1-4-30-20-17-19(23(20)9-5-6-10-23)25-22(24-3)28-15-13-26(14-16-28)18(2)21(29)27-11-7-8-12-27/h18-20H,4-17H2,1-3H3,(H,24,25). The molecule has 1 amide bonds. The highest BCUT2D eigenvalue weighted by Crippen LogP contribution is 2.54. The van der Waals surface area contributed by atoms with E-state index in [0.717, 1.165) is 71.1 Å². The van der Waals surface area contributed by atoms with Crippen molar-refractivity contribution in [3.8, 4) is 0 Å². The summed E-state index contributed by atoms with van der Waals surface area (Å²) in [6, 6.07) is 0.463. The van der Waals surface area contributed by atoms with Gasteiger partial charge in [-0.05, 0) is 46.0 Å². The number of carbonyl (C=O) groups is 1. The van der Waals surface area contributed by atoms with Crippen LogP contribution in [-0.2, 0) is 9.53 Å². The van der Waals surface area contributed by atoms with Crippen molar-refractivity contribution < 1.29 is 9.53 Å². The van der Waals surface area contributed by atoms with Gasteiger partial charge in [0.15, 0.2) is 5.96 Å². The number of carbonyl (C=O) groups excluding carboxylic acids is 1. The van der Waals surface area contributed by atoms with Crippen LogP contribution in [0.5, 0.6) is 0 Å². The molecule has 0 aromatic heterocycles. The van der Waals surface area contributed by atoms with Crippen molar-refractivity contribution in [1.82, 2.24) is 20.0 Å². The maximum atomic E-state index is 12.8. The van der Waals surface area contributed by atoms with E-state index in [9.17, 15) is 4.79 Å².